The fourth-order valence-corrected chi connectivity index (χ4v) is 3.50. The van der Waals surface area contributed by atoms with Crippen molar-refractivity contribution < 1.29 is 4.39 Å². The van der Waals surface area contributed by atoms with Gasteiger partial charge in [-0.15, -0.1) is 0 Å². The van der Waals surface area contributed by atoms with E-state index >= 15 is 0 Å². The second-order valence-electron chi connectivity index (χ2n) is 8.20. The first kappa shape index (κ1) is 19.5. The zero-order valence-electron chi connectivity index (χ0n) is 16.1. The summed E-state index contributed by atoms with van der Waals surface area (Å²) in [6.45, 7) is 14.1. The van der Waals surface area contributed by atoms with Crippen molar-refractivity contribution in [2.45, 2.75) is 72.5 Å². The van der Waals surface area contributed by atoms with E-state index in [1.165, 1.54) is 26.1 Å². The van der Waals surface area contributed by atoms with Crippen molar-refractivity contribution in [3.8, 4) is 0 Å². The Hall–Kier alpha value is -1.85. The maximum Gasteiger partial charge on any atom is 0.224 e. The lowest BCUT2D eigenvalue weighted by molar-refractivity contribution is 0.164. The van der Waals surface area contributed by atoms with Crippen LogP contribution in [0.5, 0.6) is 0 Å². The molecule has 0 aliphatic heterocycles. The van der Waals surface area contributed by atoms with Gasteiger partial charge in [0.05, 0.1) is 0 Å². The standard InChI is InChI=1S/C19H32FN5/c1-12(14(3)20)13(2)17(25-18(21)22-11-23-25)24-16-9-7-15(8-10-16)19(4,5)6/h11,14-16,24H,1,7-10H2,2-6H3,(H2,21,22,23)/b17-13-. The van der Waals surface area contributed by atoms with E-state index in [0.717, 1.165) is 24.3 Å². The average molecular weight is 349 g/mol. The van der Waals surface area contributed by atoms with E-state index in [-0.39, 0.29) is 5.95 Å². The van der Waals surface area contributed by atoms with Crippen LogP contribution in [0.15, 0.2) is 24.1 Å². The zero-order chi connectivity index (χ0) is 18.8. The molecule has 0 amide bonds. The number of hydrogen-bond donors (Lipinski definition) is 2. The Bertz CT molecular complexity index is 630. The van der Waals surface area contributed by atoms with Gasteiger partial charge in [0.2, 0.25) is 5.95 Å². The maximum absolute atomic E-state index is 13.8. The average Bonchev–Trinajstić information content (AvgIpc) is 2.96. The molecule has 5 nitrogen and oxygen atoms in total. The molecule has 1 heterocycles. The molecule has 3 N–H and O–H groups in total. The van der Waals surface area contributed by atoms with Crippen LogP contribution in [0.1, 0.15) is 60.3 Å². The number of hydrogen-bond acceptors (Lipinski definition) is 4. The summed E-state index contributed by atoms with van der Waals surface area (Å²) in [7, 11) is 0. The van der Waals surface area contributed by atoms with Gasteiger partial charge in [0, 0.05) is 6.04 Å². The normalized spacial score (nSPS) is 23.8. The number of nitrogens with zero attached hydrogens (tertiary/aromatic N) is 3. The fraction of sp³-hybridized carbons (Fsp3) is 0.684. The Morgan fingerprint density at radius 3 is 2.40 bits per heavy atom. The smallest absolute Gasteiger partial charge is 0.224 e. The third-order valence-corrected chi connectivity index (χ3v) is 5.40. The number of nitrogen functional groups attached to an aromatic ring is 1. The molecule has 6 heteroatoms. The first-order chi connectivity index (χ1) is 11.6. The highest BCUT2D eigenvalue weighted by Gasteiger charge is 2.30. The predicted octanol–water partition coefficient (Wildman–Crippen LogP) is 4.16. The van der Waals surface area contributed by atoms with E-state index in [1.807, 2.05) is 6.92 Å². The maximum atomic E-state index is 13.8. The summed E-state index contributed by atoms with van der Waals surface area (Å²) in [6, 6.07) is 0.315. The molecule has 0 saturated heterocycles. The van der Waals surface area contributed by atoms with Crippen molar-refractivity contribution in [2.75, 3.05) is 5.73 Å². The number of aromatic nitrogens is 3. The third kappa shape index (κ3) is 4.61. The lowest BCUT2D eigenvalue weighted by Gasteiger charge is -2.38. The Morgan fingerprint density at radius 1 is 1.36 bits per heavy atom. The van der Waals surface area contributed by atoms with Crippen LogP contribution in [-0.4, -0.2) is 27.0 Å². The first-order valence-electron chi connectivity index (χ1n) is 9.07. The lowest BCUT2D eigenvalue weighted by atomic mass is 9.71. The third-order valence-electron chi connectivity index (χ3n) is 5.40. The van der Waals surface area contributed by atoms with Gasteiger partial charge in [-0.2, -0.15) is 14.8 Å². The van der Waals surface area contributed by atoms with Crippen molar-refractivity contribution in [2.24, 2.45) is 11.3 Å². The second kappa shape index (κ2) is 7.58. The van der Waals surface area contributed by atoms with Crippen LogP contribution < -0.4 is 11.1 Å². The lowest BCUT2D eigenvalue weighted by Crippen LogP contribution is -2.37. The van der Waals surface area contributed by atoms with Gasteiger partial charge in [0.25, 0.3) is 0 Å². The van der Waals surface area contributed by atoms with Crippen LogP contribution in [0.3, 0.4) is 0 Å². The summed E-state index contributed by atoms with van der Waals surface area (Å²) in [5.41, 5.74) is 7.43. The monoisotopic (exact) mass is 349 g/mol. The summed E-state index contributed by atoms with van der Waals surface area (Å²) < 4.78 is 15.3. The van der Waals surface area contributed by atoms with Crippen LogP contribution in [-0.2, 0) is 0 Å². The summed E-state index contributed by atoms with van der Waals surface area (Å²) >= 11 is 0. The van der Waals surface area contributed by atoms with E-state index in [0.29, 0.717) is 22.9 Å². The minimum absolute atomic E-state index is 0.282. The van der Waals surface area contributed by atoms with Gasteiger partial charge in [-0.25, -0.2) is 4.39 Å². The van der Waals surface area contributed by atoms with Crippen LogP contribution in [0.25, 0.3) is 5.82 Å². The van der Waals surface area contributed by atoms with Crippen molar-refractivity contribution >= 4 is 11.8 Å². The number of nitrogens with two attached hydrogens (primary N) is 1. The van der Waals surface area contributed by atoms with Gasteiger partial charge < -0.3 is 11.1 Å². The number of rotatable bonds is 5. The molecule has 25 heavy (non-hydrogen) atoms. The first-order valence-corrected chi connectivity index (χ1v) is 9.07. The molecule has 1 aliphatic rings. The molecule has 1 fully saturated rings. The van der Waals surface area contributed by atoms with Gasteiger partial charge in [0.1, 0.15) is 18.3 Å². The van der Waals surface area contributed by atoms with Gasteiger partial charge >= 0.3 is 0 Å². The zero-order valence-corrected chi connectivity index (χ0v) is 16.1. The number of allylic oxidation sites excluding steroid dienone is 2. The van der Waals surface area contributed by atoms with E-state index in [1.54, 1.807) is 4.68 Å². The largest absolute Gasteiger partial charge is 0.368 e. The highest BCUT2D eigenvalue weighted by molar-refractivity contribution is 5.58. The topological polar surface area (TPSA) is 68.8 Å². The van der Waals surface area contributed by atoms with Gasteiger partial charge in [-0.05, 0) is 62.0 Å². The number of anilines is 1. The number of alkyl halides is 1. The Kier molecular flexibility index (Phi) is 5.91. The molecule has 1 atom stereocenters. The molecule has 140 valence electrons. The van der Waals surface area contributed by atoms with Crippen LogP contribution in [0.2, 0.25) is 0 Å². The summed E-state index contributed by atoms with van der Waals surface area (Å²) in [5, 5.41) is 7.73. The molecule has 1 aliphatic carbocycles. The van der Waals surface area contributed by atoms with Crippen LogP contribution >= 0.6 is 0 Å². The molecule has 0 bridgehead atoms. The molecule has 2 rings (SSSR count). The number of nitrogens with one attached hydrogen (secondary N) is 1. The molecule has 0 aromatic carbocycles. The molecule has 0 radical (unpaired) electrons. The summed E-state index contributed by atoms with van der Waals surface area (Å²) in [5.74, 6) is 1.70. The molecule has 1 unspecified atom stereocenters. The molecule has 0 spiro atoms. The minimum Gasteiger partial charge on any atom is -0.368 e. The fourth-order valence-electron chi connectivity index (χ4n) is 3.50. The summed E-state index contributed by atoms with van der Waals surface area (Å²) in [4.78, 5) is 3.99. The second-order valence-corrected chi connectivity index (χ2v) is 8.20. The van der Waals surface area contributed by atoms with E-state index in [2.05, 4.69) is 42.7 Å². The summed E-state index contributed by atoms with van der Waals surface area (Å²) in [6.07, 6.45) is 4.79. The Labute approximate surface area is 150 Å². The van der Waals surface area contributed by atoms with Crippen molar-refractivity contribution in [3.05, 3.63) is 24.1 Å². The van der Waals surface area contributed by atoms with Crippen molar-refractivity contribution in [3.63, 3.8) is 0 Å². The minimum atomic E-state index is -1.13. The molecule has 1 saturated carbocycles. The quantitative estimate of drug-likeness (QED) is 0.783. The van der Waals surface area contributed by atoms with Gasteiger partial charge in [0.15, 0.2) is 0 Å². The highest BCUT2D eigenvalue weighted by atomic mass is 19.1. The van der Waals surface area contributed by atoms with Gasteiger partial charge in [-0.3, -0.25) is 0 Å². The highest BCUT2D eigenvalue weighted by Crippen LogP contribution is 2.38. The Balaban J connectivity index is 2.20. The van der Waals surface area contributed by atoms with Gasteiger partial charge in [-0.1, -0.05) is 27.4 Å². The molecule has 1 aromatic rings. The van der Waals surface area contributed by atoms with Crippen molar-refractivity contribution in [1.82, 2.24) is 20.1 Å². The van der Waals surface area contributed by atoms with E-state index < -0.39 is 6.17 Å². The van der Waals surface area contributed by atoms with Crippen LogP contribution in [0, 0.1) is 11.3 Å². The predicted molar refractivity (Wildman–Crippen MR) is 101 cm³/mol. The Morgan fingerprint density at radius 2 is 1.96 bits per heavy atom. The van der Waals surface area contributed by atoms with E-state index in [4.69, 9.17) is 5.73 Å². The van der Waals surface area contributed by atoms with E-state index in [9.17, 15) is 4.39 Å². The van der Waals surface area contributed by atoms with Crippen LogP contribution in [0.4, 0.5) is 10.3 Å². The SMILES string of the molecule is C=C(/C(C)=C(/NC1CCC(C(C)(C)C)CC1)n1ncnc1N)C(C)F. The number of halogens is 1. The van der Waals surface area contributed by atoms with Crippen molar-refractivity contribution in [1.29, 1.82) is 0 Å². The molecule has 1 aromatic heterocycles. The molecular weight excluding hydrogens is 317 g/mol. The molecular formula is C19H32FN5.